The van der Waals surface area contributed by atoms with Gasteiger partial charge in [-0.25, -0.2) is 0 Å². The molecule has 1 aromatic carbocycles. The standard InChI is InChI=1S/C12H17NO2S/c1-9(10-6-4-3-5-7-10)16-8-11(13)12(14)15-2/h3-7,9,11H,8,13H2,1-2H3. The van der Waals surface area contributed by atoms with Crippen molar-refractivity contribution >= 4 is 17.7 Å². The molecule has 0 fully saturated rings. The second-order valence-electron chi connectivity index (χ2n) is 3.52. The lowest BCUT2D eigenvalue weighted by Gasteiger charge is -2.14. The van der Waals surface area contributed by atoms with Crippen LogP contribution in [0.3, 0.4) is 0 Å². The first kappa shape index (κ1) is 13.1. The van der Waals surface area contributed by atoms with Crippen molar-refractivity contribution in [1.29, 1.82) is 0 Å². The second-order valence-corrected chi connectivity index (χ2v) is 4.89. The summed E-state index contributed by atoms with van der Waals surface area (Å²) in [4.78, 5) is 11.1. The lowest BCUT2D eigenvalue weighted by atomic mass is 10.2. The molecule has 2 N–H and O–H groups in total. The third-order valence-electron chi connectivity index (χ3n) is 2.30. The van der Waals surface area contributed by atoms with E-state index in [-0.39, 0.29) is 5.97 Å². The van der Waals surface area contributed by atoms with Gasteiger partial charge in [0.15, 0.2) is 0 Å². The van der Waals surface area contributed by atoms with Gasteiger partial charge in [-0.3, -0.25) is 4.79 Å². The van der Waals surface area contributed by atoms with Crippen LogP contribution >= 0.6 is 11.8 Å². The molecule has 0 amide bonds. The Morgan fingerprint density at radius 1 is 1.44 bits per heavy atom. The van der Waals surface area contributed by atoms with Crippen LogP contribution in [-0.4, -0.2) is 24.9 Å². The third kappa shape index (κ3) is 3.87. The summed E-state index contributed by atoms with van der Waals surface area (Å²) < 4.78 is 4.57. The number of carbonyl (C=O) groups is 1. The minimum Gasteiger partial charge on any atom is -0.468 e. The molecular weight excluding hydrogens is 222 g/mol. The molecule has 0 radical (unpaired) electrons. The van der Waals surface area contributed by atoms with Crippen molar-refractivity contribution < 1.29 is 9.53 Å². The normalized spacial score (nSPS) is 14.2. The highest BCUT2D eigenvalue weighted by atomic mass is 32.2. The first-order valence-electron chi connectivity index (χ1n) is 5.15. The molecule has 0 aliphatic carbocycles. The van der Waals surface area contributed by atoms with Gasteiger partial charge in [0.05, 0.1) is 7.11 Å². The van der Waals surface area contributed by atoms with Crippen molar-refractivity contribution in [2.75, 3.05) is 12.9 Å². The fourth-order valence-electron chi connectivity index (χ4n) is 1.29. The monoisotopic (exact) mass is 239 g/mol. The number of hydrogen-bond donors (Lipinski definition) is 1. The van der Waals surface area contributed by atoms with Crippen LogP contribution in [0.2, 0.25) is 0 Å². The van der Waals surface area contributed by atoms with Crippen molar-refractivity contribution in [1.82, 2.24) is 0 Å². The number of esters is 1. The van der Waals surface area contributed by atoms with Crippen molar-refractivity contribution in [3.63, 3.8) is 0 Å². The van der Waals surface area contributed by atoms with Gasteiger partial charge in [-0.1, -0.05) is 30.3 Å². The molecule has 0 spiro atoms. The van der Waals surface area contributed by atoms with Crippen molar-refractivity contribution in [2.45, 2.75) is 18.2 Å². The molecule has 1 rings (SSSR count). The minimum atomic E-state index is -0.541. The third-order valence-corrected chi connectivity index (χ3v) is 3.62. The molecule has 0 aromatic heterocycles. The molecule has 2 atom stereocenters. The summed E-state index contributed by atoms with van der Waals surface area (Å²) in [7, 11) is 1.35. The average Bonchev–Trinajstić information content (AvgIpc) is 2.35. The highest BCUT2D eigenvalue weighted by molar-refractivity contribution is 7.99. The van der Waals surface area contributed by atoms with E-state index in [0.717, 1.165) is 0 Å². The number of benzene rings is 1. The quantitative estimate of drug-likeness (QED) is 0.798. The zero-order valence-electron chi connectivity index (χ0n) is 9.55. The first-order chi connectivity index (χ1) is 7.65. The molecule has 0 aliphatic rings. The van der Waals surface area contributed by atoms with Gasteiger partial charge in [-0.05, 0) is 12.5 Å². The summed E-state index contributed by atoms with van der Waals surface area (Å²) in [6.07, 6.45) is 0. The maximum atomic E-state index is 11.1. The van der Waals surface area contributed by atoms with Crippen LogP contribution in [0.1, 0.15) is 17.7 Å². The summed E-state index contributed by atoms with van der Waals surface area (Å²) in [5, 5.41) is 0.330. The van der Waals surface area contributed by atoms with Crippen LogP contribution in [-0.2, 0) is 9.53 Å². The van der Waals surface area contributed by atoms with Crippen LogP contribution in [0.15, 0.2) is 30.3 Å². The van der Waals surface area contributed by atoms with Crippen LogP contribution < -0.4 is 5.73 Å². The van der Waals surface area contributed by atoms with E-state index in [1.807, 2.05) is 18.2 Å². The zero-order valence-corrected chi connectivity index (χ0v) is 10.4. The van der Waals surface area contributed by atoms with Gasteiger partial charge in [-0.15, -0.1) is 0 Å². The molecule has 1 aromatic rings. The molecule has 88 valence electrons. The van der Waals surface area contributed by atoms with E-state index in [1.165, 1.54) is 12.7 Å². The number of nitrogens with two attached hydrogens (primary N) is 1. The predicted octanol–water partition coefficient (Wildman–Crippen LogP) is 1.98. The lowest BCUT2D eigenvalue weighted by Crippen LogP contribution is -2.34. The largest absolute Gasteiger partial charge is 0.468 e. The highest BCUT2D eigenvalue weighted by Crippen LogP contribution is 2.27. The summed E-state index contributed by atoms with van der Waals surface area (Å²) in [5.74, 6) is 0.218. The Bertz CT molecular complexity index is 329. The minimum absolute atomic E-state index is 0.330. The molecule has 0 heterocycles. The molecule has 0 saturated carbocycles. The van der Waals surface area contributed by atoms with Gasteiger partial charge < -0.3 is 10.5 Å². The molecule has 4 heteroatoms. The number of hydrogen-bond acceptors (Lipinski definition) is 4. The summed E-state index contributed by atoms with van der Waals surface area (Å²) in [6, 6.07) is 9.60. The van der Waals surface area contributed by atoms with Gasteiger partial charge in [-0.2, -0.15) is 11.8 Å². The van der Waals surface area contributed by atoms with Crippen LogP contribution in [0.5, 0.6) is 0 Å². The van der Waals surface area contributed by atoms with Gasteiger partial charge in [0.1, 0.15) is 6.04 Å². The van der Waals surface area contributed by atoms with E-state index in [2.05, 4.69) is 23.8 Å². The zero-order chi connectivity index (χ0) is 12.0. The maximum Gasteiger partial charge on any atom is 0.323 e. The van der Waals surface area contributed by atoms with E-state index in [4.69, 9.17) is 5.73 Å². The second kappa shape index (κ2) is 6.55. The van der Waals surface area contributed by atoms with Crippen LogP contribution in [0.25, 0.3) is 0 Å². The Hall–Kier alpha value is -1.00. The van der Waals surface area contributed by atoms with E-state index in [0.29, 0.717) is 11.0 Å². The molecule has 16 heavy (non-hydrogen) atoms. The van der Waals surface area contributed by atoms with Gasteiger partial charge in [0.25, 0.3) is 0 Å². The van der Waals surface area contributed by atoms with E-state index < -0.39 is 6.04 Å². The summed E-state index contributed by atoms with van der Waals surface area (Å²) >= 11 is 1.66. The number of thioether (sulfide) groups is 1. The van der Waals surface area contributed by atoms with Gasteiger partial charge in [0, 0.05) is 11.0 Å². The molecular formula is C12H17NO2S. The van der Waals surface area contributed by atoms with E-state index in [9.17, 15) is 4.79 Å². The molecule has 3 nitrogen and oxygen atoms in total. The number of ether oxygens (including phenoxy) is 1. The predicted molar refractivity (Wildman–Crippen MR) is 67.3 cm³/mol. The Kier molecular flexibility index (Phi) is 5.35. The van der Waals surface area contributed by atoms with Gasteiger partial charge >= 0.3 is 5.97 Å². The van der Waals surface area contributed by atoms with Crippen molar-refractivity contribution in [3.05, 3.63) is 35.9 Å². The van der Waals surface area contributed by atoms with Crippen molar-refractivity contribution in [2.24, 2.45) is 5.73 Å². The Labute approximate surface area is 100 Å². The first-order valence-corrected chi connectivity index (χ1v) is 6.20. The Morgan fingerprint density at radius 2 is 2.06 bits per heavy atom. The Morgan fingerprint density at radius 3 is 2.62 bits per heavy atom. The van der Waals surface area contributed by atoms with E-state index >= 15 is 0 Å². The number of carbonyl (C=O) groups excluding carboxylic acids is 1. The van der Waals surface area contributed by atoms with Crippen molar-refractivity contribution in [3.8, 4) is 0 Å². The van der Waals surface area contributed by atoms with E-state index in [1.54, 1.807) is 11.8 Å². The fraction of sp³-hybridized carbons (Fsp3) is 0.417. The Balaban J connectivity index is 2.41. The SMILES string of the molecule is COC(=O)C(N)CSC(C)c1ccccc1. The number of methoxy groups -OCH3 is 1. The van der Waals surface area contributed by atoms with Gasteiger partial charge in [0.2, 0.25) is 0 Å². The van der Waals surface area contributed by atoms with Crippen LogP contribution in [0, 0.1) is 0 Å². The van der Waals surface area contributed by atoms with Crippen LogP contribution in [0.4, 0.5) is 0 Å². The summed E-state index contributed by atoms with van der Waals surface area (Å²) in [6.45, 7) is 2.10. The average molecular weight is 239 g/mol. The fourth-order valence-corrected chi connectivity index (χ4v) is 2.27. The highest BCUT2D eigenvalue weighted by Gasteiger charge is 2.15. The number of rotatable bonds is 5. The lowest BCUT2D eigenvalue weighted by molar-refractivity contribution is -0.141. The maximum absolute atomic E-state index is 11.1. The topological polar surface area (TPSA) is 52.3 Å². The summed E-state index contributed by atoms with van der Waals surface area (Å²) in [5.41, 5.74) is 6.90. The molecule has 0 aliphatic heterocycles. The smallest absolute Gasteiger partial charge is 0.323 e. The molecule has 0 saturated heterocycles. The molecule has 0 bridgehead atoms. The molecule has 2 unspecified atom stereocenters.